The monoisotopic (exact) mass is 290 g/mol. The Morgan fingerprint density at radius 1 is 1.47 bits per heavy atom. The minimum absolute atomic E-state index is 0.0434. The van der Waals surface area contributed by atoms with E-state index in [-0.39, 0.29) is 5.78 Å². The van der Waals surface area contributed by atoms with Crippen molar-refractivity contribution in [3.05, 3.63) is 58.3 Å². The second kappa shape index (κ2) is 5.10. The molecule has 0 fully saturated rings. The number of aromatic nitrogens is 2. The van der Waals surface area contributed by atoms with E-state index in [9.17, 15) is 4.79 Å². The summed E-state index contributed by atoms with van der Waals surface area (Å²) in [5.41, 5.74) is 1.58. The quantitative estimate of drug-likeness (QED) is 0.643. The van der Waals surface area contributed by atoms with E-state index in [0.29, 0.717) is 5.56 Å². The van der Waals surface area contributed by atoms with Gasteiger partial charge in [0.15, 0.2) is 5.78 Å². The Balaban J connectivity index is 2.13. The van der Waals surface area contributed by atoms with Gasteiger partial charge in [0.25, 0.3) is 0 Å². The summed E-state index contributed by atoms with van der Waals surface area (Å²) in [6.45, 7) is 0. The zero-order valence-electron chi connectivity index (χ0n) is 9.30. The van der Waals surface area contributed by atoms with Crippen LogP contribution in [0.5, 0.6) is 0 Å². The largest absolute Gasteiger partial charge is 0.289 e. The Hall–Kier alpha value is -1.68. The fraction of sp³-hybridized carbons (Fsp3) is 0.0769. The summed E-state index contributed by atoms with van der Waals surface area (Å²) in [5.74, 6) is -0.0434. The molecular formula is C13H11BrN2O. The van der Waals surface area contributed by atoms with Crippen LogP contribution in [-0.2, 0) is 7.05 Å². The summed E-state index contributed by atoms with van der Waals surface area (Å²) in [6.07, 6.45) is 6.61. The lowest BCUT2D eigenvalue weighted by Crippen LogP contribution is -1.91. The molecule has 1 aromatic heterocycles. The number of rotatable bonds is 3. The van der Waals surface area contributed by atoms with E-state index in [0.717, 1.165) is 10.0 Å². The van der Waals surface area contributed by atoms with Crippen LogP contribution in [0, 0.1) is 0 Å². The molecule has 0 N–H and O–H groups in total. The van der Waals surface area contributed by atoms with E-state index in [2.05, 4.69) is 21.0 Å². The number of halogens is 1. The fourth-order valence-electron chi connectivity index (χ4n) is 1.43. The standard InChI is InChI=1S/C13H11BrN2O/c1-16-9-11(8-15-16)13(17)6-5-10-3-2-4-12(14)7-10/h2-9H,1H3/b6-5-. The number of hydrogen-bond acceptors (Lipinski definition) is 2. The molecule has 1 aromatic carbocycles. The molecule has 1 heterocycles. The van der Waals surface area contributed by atoms with Crippen molar-refractivity contribution in [3.63, 3.8) is 0 Å². The Morgan fingerprint density at radius 2 is 2.29 bits per heavy atom. The van der Waals surface area contributed by atoms with Gasteiger partial charge in [0.1, 0.15) is 0 Å². The van der Waals surface area contributed by atoms with Crippen LogP contribution in [0.15, 0.2) is 47.2 Å². The van der Waals surface area contributed by atoms with Gasteiger partial charge < -0.3 is 0 Å². The van der Waals surface area contributed by atoms with Crippen molar-refractivity contribution in [2.75, 3.05) is 0 Å². The van der Waals surface area contributed by atoms with Crippen molar-refractivity contribution in [1.82, 2.24) is 9.78 Å². The minimum atomic E-state index is -0.0434. The second-order valence-corrected chi connectivity index (χ2v) is 4.57. The molecule has 0 aliphatic heterocycles. The molecule has 0 unspecified atom stereocenters. The summed E-state index contributed by atoms with van der Waals surface area (Å²) in [7, 11) is 1.79. The molecule has 3 nitrogen and oxygen atoms in total. The summed E-state index contributed by atoms with van der Waals surface area (Å²) in [5, 5.41) is 3.96. The molecule has 0 bridgehead atoms. The molecule has 86 valence electrons. The van der Waals surface area contributed by atoms with E-state index >= 15 is 0 Å². The smallest absolute Gasteiger partial charge is 0.189 e. The summed E-state index contributed by atoms with van der Waals surface area (Å²) in [4.78, 5) is 11.8. The lowest BCUT2D eigenvalue weighted by Gasteiger charge is -1.93. The Morgan fingerprint density at radius 3 is 2.94 bits per heavy atom. The highest BCUT2D eigenvalue weighted by atomic mass is 79.9. The molecule has 0 atom stereocenters. The Kier molecular flexibility index (Phi) is 3.54. The zero-order valence-corrected chi connectivity index (χ0v) is 10.9. The highest BCUT2D eigenvalue weighted by Gasteiger charge is 2.03. The number of allylic oxidation sites excluding steroid dienone is 1. The maximum Gasteiger partial charge on any atom is 0.189 e. The SMILES string of the molecule is Cn1cc(C(=O)/C=C\c2cccc(Br)c2)cn1. The normalized spacial score (nSPS) is 10.9. The lowest BCUT2D eigenvalue weighted by atomic mass is 10.1. The van der Waals surface area contributed by atoms with Crippen LogP contribution in [0.25, 0.3) is 6.08 Å². The third kappa shape index (κ3) is 3.14. The van der Waals surface area contributed by atoms with E-state index < -0.39 is 0 Å². The molecule has 4 heteroatoms. The minimum Gasteiger partial charge on any atom is -0.289 e. The molecule has 0 radical (unpaired) electrons. The van der Waals surface area contributed by atoms with Crippen molar-refractivity contribution < 1.29 is 4.79 Å². The average Bonchev–Trinajstić information content (AvgIpc) is 2.73. The van der Waals surface area contributed by atoms with E-state index in [1.54, 1.807) is 36.3 Å². The molecule has 0 aliphatic carbocycles. The van der Waals surface area contributed by atoms with Gasteiger partial charge >= 0.3 is 0 Å². The fourth-order valence-corrected chi connectivity index (χ4v) is 1.84. The first kappa shape index (κ1) is 11.8. The maximum absolute atomic E-state index is 11.8. The van der Waals surface area contributed by atoms with Crippen LogP contribution in [0.2, 0.25) is 0 Å². The van der Waals surface area contributed by atoms with Crippen LogP contribution in [0.3, 0.4) is 0 Å². The van der Waals surface area contributed by atoms with Gasteiger partial charge in [-0.1, -0.05) is 34.1 Å². The summed E-state index contributed by atoms with van der Waals surface area (Å²) in [6, 6.07) is 7.77. The molecule has 17 heavy (non-hydrogen) atoms. The van der Waals surface area contributed by atoms with Crippen molar-refractivity contribution in [3.8, 4) is 0 Å². The highest BCUT2D eigenvalue weighted by molar-refractivity contribution is 9.10. The van der Waals surface area contributed by atoms with Crippen LogP contribution >= 0.6 is 15.9 Å². The summed E-state index contributed by atoms with van der Waals surface area (Å²) < 4.78 is 2.61. The molecular weight excluding hydrogens is 280 g/mol. The molecule has 0 spiro atoms. The summed E-state index contributed by atoms with van der Waals surface area (Å²) >= 11 is 3.39. The van der Waals surface area contributed by atoms with E-state index in [4.69, 9.17) is 0 Å². The maximum atomic E-state index is 11.8. The molecule has 0 saturated carbocycles. The van der Waals surface area contributed by atoms with Crippen LogP contribution in [0.1, 0.15) is 15.9 Å². The highest BCUT2D eigenvalue weighted by Crippen LogP contribution is 2.13. The van der Waals surface area contributed by atoms with Gasteiger partial charge in [-0.25, -0.2) is 0 Å². The van der Waals surface area contributed by atoms with Gasteiger partial charge in [-0.3, -0.25) is 9.48 Å². The number of carbonyl (C=O) groups is 1. The van der Waals surface area contributed by atoms with Crippen molar-refractivity contribution in [2.24, 2.45) is 7.05 Å². The van der Waals surface area contributed by atoms with Gasteiger partial charge in [0.05, 0.1) is 11.8 Å². The topological polar surface area (TPSA) is 34.9 Å². The van der Waals surface area contributed by atoms with Crippen molar-refractivity contribution >= 4 is 27.8 Å². The van der Waals surface area contributed by atoms with E-state index in [1.165, 1.54) is 0 Å². The third-order valence-electron chi connectivity index (χ3n) is 2.27. The predicted octanol–water partition coefficient (Wildman–Crippen LogP) is 3.08. The first-order valence-electron chi connectivity index (χ1n) is 5.12. The van der Waals surface area contributed by atoms with Gasteiger partial charge in [-0.15, -0.1) is 0 Å². The number of benzene rings is 1. The van der Waals surface area contributed by atoms with Crippen LogP contribution in [-0.4, -0.2) is 15.6 Å². The first-order chi connectivity index (χ1) is 8.15. The number of hydrogen-bond donors (Lipinski definition) is 0. The second-order valence-electron chi connectivity index (χ2n) is 3.66. The number of carbonyl (C=O) groups excluding carboxylic acids is 1. The van der Waals surface area contributed by atoms with E-state index in [1.807, 2.05) is 24.3 Å². The van der Waals surface area contributed by atoms with Gasteiger partial charge in [0, 0.05) is 17.7 Å². The zero-order chi connectivity index (χ0) is 12.3. The Bertz CT molecular complexity index is 572. The average molecular weight is 291 g/mol. The third-order valence-corrected chi connectivity index (χ3v) is 2.76. The molecule has 0 aliphatic rings. The molecule has 0 saturated heterocycles. The number of ketones is 1. The van der Waals surface area contributed by atoms with Crippen LogP contribution < -0.4 is 0 Å². The van der Waals surface area contributed by atoms with Gasteiger partial charge in [-0.2, -0.15) is 5.10 Å². The van der Waals surface area contributed by atoms with Gasteiger partial charge in [0.2, 0.25) is 0 Å². The Labute approximate surface area is 108 Å². The van der Waals surface area contributed by atoms with Gasteiger partial charge in [-0.05, 0) is 23.8 Å². The number of nitrogens with zero attached hydrogens (tertiary/aromatic N) is 2. The molecule has 0 amide bonds. The van der Waals surface area contributed by atoms with Crippen molar-refractivity contribution in [1.29, 1.82) is 0 Å². The van der Waals surface area contributed by atoms with Crippen molar-refractivity contribution in [2.45, 2.75) is 0 Å². The molecule has 2 aromatic rings. The number of aryl methyl sites for hydroxylation is 1. The molecule has 2 rings (SSSR count). The van der Waals surface area contributed by atoms with Crippen LogP contribution in [0.4, 0.5) is 0 Å². The predicted molar refractivity (Wildman–Crippen MR) is 70.7 cm³/mol. The first-order valence-corrected chi connectivity index (χ1v) is 5.91. The lowest BCUT2D eigenvalue weighted by molar-refractivity contribution is 0.104.